The normalized spacial score (nSPS) is 10.5. The zero-order valence-electron chi connectivity index (χ0n) is 18.8. The summed E-state index contributed by atoms with van der Waals surface area (Å²) in [5, 5.41) is 4.25. The maximum Gasteiger partial charge on any atom is 0.354 e. The first-order chi connectivity index (χ1) is 14.9. The van der Waals surface area contributed by atoms with Crippen LogP contribution in [-0.2, 0) is 6.54 Å². The Morgan fingerprint density at radius 3 is 2.48 bits per heavy atom. The minimum Gasteiger partial charge on any atom is -0.370 e. The van der Waals surface area contributed by atoms with Gasteiger partial charge in [-0.1, -0.05) is 45.2 Å². The number of aryl methyl sites for hydroxylation is 1. The van der Waals surface area contributed by atoms with Crippen molar-refractivity contribution in [2.75, 3.05) is 13.1 Å². The summed E-state index contributed by atoms with van der Waals surface area (Å²) in [5.74, 6) is 0.123. The van der Waals surface area contributed by atoms with Crippen molar-refractivity contribution in [3.8, 4) is 5.69 Å². The van der Waals surface area contributed by atoms with Gasteiger partial charge in [0.15, 0.2) is 5.96 Å². The number of H-pyrrole nitrogens is 1. The Kier molecular flexibility index (Phi) is 9.77. The molecular weight excluding hydrogens is 390 g/mol. The highest BCUT2D eigenvalue weighted by Gasteiger charge is 2.06. The van der Waals surface area contributed by atoms with Crippen LogP contribution >= 0.6 is 0 Å². The maximum atomic E-state index is 12.2. The number of hydrogen-bond acceptors (Lipinski definition) is 4. The van der Waals surface area contributed by atoms with E-state index >= 15 is 0 Å². The van der Waals surface area contributed by atoms with Gasteiger partial charge in [0.25, 0.3) is 0 Å². The van der Waals surface area contributed by atoms with Gasteiger partial charge in [-0.15, -0.1) is 0 Å². The highest BCUT2D eigenvalue weighted by atomic mass is 16.1. The molecule has 0 saturated carbocycles. The first-order valence-corrected chi connectivity index (χ1v) is 10.9. The molecule has 168 valence electrons. The average molecular weight is 426 g/mol. The quantitative estimate of drug-likeness (QED) is 0.238. The molecular formula is C23H35N7O. The average Bonchev–Trinajstić information content (AvgIpc) is 3.10. The van der Waals surface area contributed by atoms with Gasteiger partial charge in [-0.05, 0) is 43.7 Å². The number of nitrogens with zero attached hydrogens (tertiary/aromatic N) is 3. The van der Waals surface area contributed by atoms with Crippen molar-refractivity contribution in [1.29, 1.82) is 0 Å². The molecule has 8 nitrogen and oxygen atoms in total. The Bertz CT molecular complexity index is 1010. The first kappa shape index (κ1) is 24.1. The number of aromatic amines is 1. The third kappa shape index (κ3) is 7.90. The van der Waals surface area contributed by atoms with Gasteiger partial charge in [0.1, 0.15) is 5.65 Å². The van der Waals surface area contributed by atoms with Gasteiger partial charge in [0.2, 0.25) is 0 Å². The summed E-state index contributed by atoms with van der Waals surface area (Å²) in [6.45, 7) is 8.55. The number of unbranched alkanes of at least 4 members (excludes halogenated alkanes) is 2. The Morgan fingerprint density at radius 1 is 1.16 bits per heavy atom. The lowest BCUT2D eigenvalue weighted by Gasteiger charge is -2.08. The lowest BCUT2D eigenvalue weighted by molar-refractivity contribution is 0.655. The molecule has 6 N–H and O–H groups in total. The van der Waals surface area contributed by atoms with Crippen molar-refractivity contribution in [1.82, 2.24) is 19.9 Å². The van der Waals surface area contributed by atoms with Crippen LogP contribution in [0.1, 0.15) is 50.8 Å². The number of aromatic nitrogens is 3. The minimum absolute atomic E-state index is 0.123. The number of guanidine groups is 1. The predicted octanol–water partition coefficient (Wildman–Crippen LogP) is 2.97. The fourth-order valence-corrected chi connectivity index (χ4v) is 3.09. The van der Waals surface area contributed by atoms with Crippen molar-refractivity contribution in [3.63, 3.8) is 0 Å². The van der Waals surface area contributed by atoms with Gasteiger partial charge in [0.05, 0.1) is 5.69 Å². The summed E-state index contributed by atoms with van der Waals surface area (Å²) in [6, 6.07) is 9.81. The molecule has 0 aliphatic rings. The minimum atomic E-state index is -0.301. The third-order valence-corrected chi connectivity index (χ3v) is 4.70. The largest absolute Gasteiger partial charge is 0.370 e. The second-order valence-electron chi connectivity index (χ2n) is 7.51. The second-order valence-corrected chi connectivity index (χ2v) is 7.51. The summed E-state index contributed by atoms with van der Waals surface area (Å²) < 4.78 is 1.56. The molecule has 0 bridgehead atoms. The molecule has 31 heavy (non-hydrogen) atoms. The molecule has 0 unspecified atom stereocenters. The molecule has 0 aliphatic heterocycles. The van der Waals surface area contributed by atoms with E-state index in [1.54, 1.807) is 4.57 Å². The van der Waals surface area contributed by atoms with E-state index in [1.807, 2.05) is 43.5 Å². The summed E-state index contributed by atoms with van der Waals surface area (Å²) >= 11 is 0. The van der Waals surface area contributed by atoms with Crippen molar-refractivity contribution >= 4 is 17.0 Å². The summed E-state index contributed by atoms with van der Waals surface area (Å²) in [6.07, 6.45) is 6.76. The van der Waals surface area contributed by atoms with E-state index in [1.165, 1.54) is 19.3 Å². The molecule has 8 heteroatoms. The Hall–Kier alpha value is -3.13. The molecule has 0 atom stereocenters. The van der Waals surface area contributed by atoms with Crippen LogP contribution in [0.2, 0.25) is 0 Å². The fourth-order valence-electron chi connectivity index (χ4n) is 3.09. The van der Waals surface area contributed by atoms with E-state index in [0.29, 0.717) is 12.2 Å². The third-order valence-electron chi connectivity index (χ3n) is 4.70. The van der Waals surface area contributed by atoms with E-state index in [4.69, 9.17) is 11.5 Å². The first-order valence-electron chi connectivity index (χ1n) is 10.9. The molecule has 1 aromatic carbocycles. The van der Waals surface area contributed by atoms with Crippen LogP contribution in [0, 0.1) is 6.92 Å². The Labute approximate surface area is 183 Å². The van der Waals surface area contributed by atoms with Crippen LogP contribution in [0.5, 0.6) is 0 Å². The Balaban J connectivity index is 0.000000614. The monoisotopic (exact) mass is 425 g/mol. The number of nitrogens with one attached hydrogen (secondary N) is 2. The fraction of sp³-hybridized carbons (Fsp3) is 0.435. The van der Waals surface area contributed by atoms with Crippen LogP contribution in [0.15, 0.2) is 46.3 Å². The summed E-state index contributed by atoms with van der Waals surface area (Å²) in [4.78, 5) is 23.3. The molecule has 2 heterocycles. The van der Waals surface area contributed by atoms with Crippen molar-refractivity contribution < 1.29 is 0 Å². The lowest BCUT2D eigenvalue weighted by Crippen LogP contribution is -2.23. The van der Waals surface area contributed by atoms with Gasteiger partial charge in [-0.3, -0.25) is 9.56 Å². The van der Waals surface area contributed by atoms with Crippen LogP contribution in [0.3, 0.4) is 0 Å². The van der Waals surface area contributed by atoms with E-state index in [-0.39, 0.29) is 11.6 Å². The topological polar surface area (TPSA) is 127 Å². The molecule has 2 aromatic heterocycles. The highest BCUT2D eigenvalue weighted by Crippen LogP contribution is 2.13. The van der Waals surface area contributed by atoms with Gasteiger partial charge in [-0.25, -0.2) is 4.79 Å². The standard InChI is InChI=1S/C18H23N7O.C5H12/c1-12-9-14-11-25(18(26)24-16(14)23-12)15-5-3-13(4-6-15)10-21-7-2-8-22-17(19)20;1-3-5-4-2/h3-6,9,11,21H,2,7-8,10H2,1H3,(H4,19,20,22)(H,23,24,26);3-5H2,1-2H3. The van der Waals surface area contributed by atoms with Gasteiger partial charge >= 0.3 is 5.69 Å². The Morgan fingerprint density at radius 2 is 1.87 bits per heavy atom. The molecule has 0 radical (unpaired) electrons. The molecule has 3 rings (SSSR count). The zero-order valence-corrected chi connectivity index (χ0v) is 18.8. The lowest BCUT2D eigenvalue weighted by atomic mass is 10.2. The molecule has 0 aliphatic carbocycles. The number of aliphatic imine (C=N–C) groups is 1. The predicted molar refractivity (Wildman–Crippen MR) is 129 cm³/mol. The van der Waals surface area contributed by atoms with Crippen molar-refractivity contribution in [3.05, 3.63) is 58.3 Å². The number of benzene rings is 1. The summed E-state index contributed by atoms with van der Waals surface area (Å²) in [7, 11) is 0. The van der Waals surface area contributed by atoms with Gasteiger partial charge in [-0.2, -0.15) is 4.98 Å². The van der Waals surface area contributed by atoms with E-state index in [9.17, 15) is 4.79 Å². The SMILES string of the molecule is CCCCC.Cc1cc2cn(-c3ccc(CNCCCN=C(N)N)cc3)c(=O)nc2[nH]1. The number of rotatable bonds is 9. The molecule has 3 aromatic rings. The number of hydrogen-bond donors (Lipinski definition) is 4. The molecule has 0 amide bonds. The van der Waals surface area contributed by atoms with Crippen LogP contribution < -0.4 is 22.5 Å². The molecule has 0 spiro atoms. The van der Waals surface area contributed by atoms with Gasteiger partial charge in [0, 0.05) is 30.4 Å². The number of nitrogens with two attached hydrogens (primary N) is 2. The summed E-state index contributed by atoms with van der Waals surface area (Å²) in [5.41, 5.74) is 13.8. The highest BCUT2D eigenvalue weighted by molar-refractivity contribution is 5.76. The van der Waals surface area contributed by atoms with Crippen molar-refractivity contribution in [2.45, 2.75) is 53.0 Å². The van der Waals surface area contributed by atoms with E-state index in [2.05, 4.69) is 34.1 Å². The van der Waals surface area contributed by atoms with Crippen LogP contribution in [0.4, 0.5) is 0 Å². The smallest absolute Gasteiger partial charge is 0.354 e. The number of fused-ring (bicyclic) bond motifs is 1. The zero-order chi connectivity index (χ0) is 22.6. The van der Waals surface area contributed by atoms with E-state index in [0.717, 1.165) is 41.8 Å². The molecule has 0 saturated heterocycles. The van der Waals surface area contributed by atoms with E-state index < -0.39 is 0 Å². The van der Waals surface area contributed by atoms with Crippen LogP contribution in [0.25, 0.3) is 16.7 Å². The second kappa shape index (κ2) is 12.5. The molecule has 0 fully saturated rings. The van der Waals surface area contributed by atoms with Gasteiger partial charge < -0.3 is 21.8 Å². The maximum absolute atomic E-state index is 12.2. The van der Waals surface area contributed by atoms with Crippen molar-refractivity contribution in [2.24, 2.45) is 16.5 Å². The van der Waals surface area contributed by atoms with Crippen LogP contribution in [-0.4, -0.2) is 33.6 Å².